The third kappa shape index (κ3) is 0.858. The van der Waals surface area contributed by atoms with E-state index in [9.17, 15) is 4.79 Å². The van der Waals surface area contributed by atoms with Gasteiger partial charge in [-0.3, -0.25) is 9.36 Å². The van der Waals surface area contributed by atoms with Gasteiger partial charge in [-0.25, -0.2) is 0 Å². The molecule has 3 nitrogen and oxygen atoms in total. The third-order valence-electron chi connectivity index (χ3n) is 2.30. The Bertz CT molecular complexity index is 379. The molecule has 1 aliphatic rings. The van der Waals surface area contributed by atoms with Crippen LogP contribution in [-0.4, -0.2) is 11.2 Å². The Morgan fingerprint density at radius 1 is 1.58 bits per heavy atom. The number of nitrogens with zero attached hydrogens (tertiary/aromatic N) is 1. The number of hydrogen-bond donors (Lipinski definition) is 0. The van der Waals surface area contributed by atoms with E-state index in [1.807, 2.05) is 6.92 Å². The first-order valence-corrected chi connectivity index (χ1v) is 4.02. The summed E-state index contributed by atoms with van der Waals surface area (Å²) in [5.41, 5.74) is 2.23. The number of pyridine rings is 1. The summed E-state index contributed by atoms with van der Waals surface area (Å²) < 4.78 is 6.92. The van der Waals surface area contributed by atoms with E-state index in [2.05, 4.69) is 0 Å². The van der Waals surface area contributed by atoms with Crippen LogP contribution < -0.4 is 10.3 Å². The predicted octanol–water partition coefficient (Wildman–Crippen LogP) is 0.629. The lowest BCUT2D eigenvalue weighted by atomic mass is 10.1. The lowest BCUT2D eigenvalue weighted by Gasteiger charge is -2.06. The van der Waals surface area contributed by atoms with Gasteiger partial charge in [0.25, 0.3) is 5.56 Å². The van der Waals surface area contributed by atoms with Crippen molar-refractivity contribution in [3.63, 3.8) is 0 Å². The third-order valence-corrected chi connectivity index (χ3v) is 2.30. The molecule has 0 saturated carbocycles. The molecule has 3 heteroatoms. The van der Waals surface area contributed by atoms with Crippen LogP contribution in [0.1, 0.15) is 11.1 Å². The van der Waals surface area contributed by atoms with Crippen molar-refractivity contribution < 1.29 is 4.74 Å². The maximum absolute atomic E-state index is 11.3. The van der Waals surface area contributed by atoms with E-state index in [1.54, 1.807) is 17.7 Å². The predicted molar refractivity (Wildman–Crippen MR) is 45.6 cm³/mol. The van der Waals surface area contributed by atoms with Gasteiger partial charge in [0, 0.05) is 25.1 Å². The van der Waals surface area contributed by atoms with Crippen LogP contribution in [-0.2, 0) is 13.5 Å². The molecule has 0 fully saturated rings. The first-order chi connectivity index (χ1) is 5.70. The molecule has 0 spiro atoms. The smallest absolute Gasteiger partial charge is 0.253 e. The normalized spacial score (nSPS) is 14.2. The second kappa shape index (κ2) is 2.37. The zero-order chi connectivity index (χ0) is 8.72. The van der Waals surface area contributed by atoms with Crippen molar-refractivity contribution in [2.24, 2.45) is 7.05 Å². The molecule has 2 rings (SSSR count). The highest BCUT2D eigenvalue weighted by atomic mass is 16.5. The summed E-state index contributed by atoms with van der Waals surface area (Å²) in [5.74, 6) is 0.750. The molecule has 0 radical (unpaired) electrons. The van der Waals surface area contributed by atoms with Gasteiger partial charge < -0.3 is 4.74 Å². The summed E-state index contributed by atoms with van der Waals surface area (Å²) in [7, 11) is 1.74. The van der Waals surface area contributed by atoms with Crippen molar-refractivity contribution >= 4 is 0 Å². The van der Waals surface area contributed by atoms with Gasteiger partial charge >= 0.3 is 0 Å². The molecular formula is C9H11NO2. The molecule has 0 aromatic carbocycles. The number of ether oxygens (including phenoxy) is 1. The number of fused-ring (bicyclic) bond motifs is 1. The van der Waals surface area contributed by atoms with E-state index < -0.39 is 0 Å². The van der Waals surface area contributed by atoms with E-state index in [4.69, 9.17) is 4.74 Å². The minimum absolute atomic E-state index is 0.00755. The van der Waals surface area contributed by atoms with Crippen molar-refractivity contribution in [3.8, 4) is 5.88 Å². The molecule has 0 unspecified atom stereocenters. The summed E-state index contributed by atoms with van der Waals surface area (Å²) in [5, 5.41) is 0. The van der Waals surface area contributed by atoms with E-state index in [1.165, 1.54) is 5.56 Å². The minimum atomic E-state index is 0.00755. The largest absolute Gasteiger partial charge is 0.478 e. The van der Waals surface area contributed by atoms with Gasteiger partial charge in [0.1, 0.15) is 0 Å². The van der Waals surface area contributed by atoms with Crippen LogP contribution in [0.2, 0.25) is 0 Å². The molecule has 1 aromatic heterocycles. The number of hydrogen-bond acceptors (Lipinski definition) is 2. The first kappa shape index (κ1) is 7.40. The van der Waals surface area contributed by atoms with Gasteiger partial charge in [0.15, 0.2) is 5.88 Å². The Labute approximate surface area is 70.6 Å². The van der Waals surface area contributed by atoms with E-state index >= 15 is 0 Å². The van der Waals surface area contributed by atoms with Gasteiger partial charge in [-0.2, -0.15) is 0 Å². The highest BCUT2D eigenvalue weighted by molar-refractivity contribution is 5.37. The van der Waals surface area contributed by atoms with Crippen LogP contribution >= 0.6 is 0 Å². The second-order valence-corrected chi connectivity index (χ2v) is 3.11. The fourth-order valence-electron chi connectivity index (χ4n) is 1.58. The van der Waals surface area contributed by atoms with Gasteiger partial charge in [0.2, 0.25) is 0 Å². The summed E-state index contributed by atoms with van der Waals surface area (Å²) in [6.45, 7) is 2.66. The zero-order valence-corrected chi connectivity index (χ0v) is 7.26. The van der Waals surface area contributed by atoms with Crippen LogP contribution in [0.25, 0.3) is 0 Å². The van der Waals surface area contributed by atoms with E-state index in [0.717, 1.165) is 17.9 Å². The molecule has 1 aromatic rings. The maximum Gasteiger partial charge on any atom is 0.253 e. The Kier molecular flexibility index (Phi) is 1.46. The van der Waals surface area contributed by atoms with Crippen molar-refractivity contribution in [1.82, 2.24) is 4.57 Å². The summed E-state index contributed by atoms with van der Waals surface area (Å²) in [4.78, 5) is 11.3. The van der Waals surface area contributed by atoms with Crippen molar-refractivity contribution in [2.45, 2.75) is 13.3 Å². The monoisotopic (exact) mass is 165 g/mol. The Morgan fingerprint density at radius 2 is 2.33 bits per heavy atom. The van der Waals surface area contributed by atoms with Crippen molar-refractivity contribution in [2.75, 3.05) is 6.61 Å². The molecule has 2 heterocycles. The lowest BCUT2D eigenvalue weighted by Crippen LogP contribution is -2.17. The molecule has 0 bridgehead atoms. The highest BCUT2D eigenvalue weighted by Gasteiger charge is 2.17. The SMILES string of the molecule is Cc1cc(=O)n(C)c2c1CCO2. The topological polar surface area (TPSA) is 31.2 Å². The summed E-state index contributed by atoms with van der Waals surface area (Å²) in [6.07, 6.45) is 0.926. The average molecular weight is 165 g/mol. The van der Waals surface area contributed by atoms with E-state index in [-0.39, 0.29) is 5.56 Å². The maximum atomic E-state index is 11.3. The minimum Gasteiger partial charge on any atom is -0.478 e. The highest BCUT2D eigenvalue weighted by Crippen LogP contribution is 2.24. The molecule has 0 atom stereocenters. The van der Waals surface area contributed by atoms with Crippen LogP contribution in [0.5, 0.6) is 5.88 Å². The first-order valence-electron chi connectivity index (χ1n) is 4.02. The van der Waals surface area contributed by atoms with Crippen molar-refractivity contribution in [1.29, 1.82) is 0 Å². The molecule has 64 valence electrons. The number of aryl methyl sites for hydroxylation is 1. The molecule has 0 saturated heterocycles. The lowest BCUT2D eigenvalue weighted by molar-refractivity contribution is 0.330. The molecule has 0 N–H and O–H groups in total. The average Bonchev–Trinajstić information content (AvgIpc) is 2.48. The van der Waals surface area contributed by atoms with Crippen LogP contribution in [0.4, 0.5) is 0 Å². The number of rotatable bonds is 0. The van der Waals surface area contributed by atoms with Crippen LogP contribution in [0.3, 0.4) is 0 Å². The van der Waals surface area contributed by atoms with E-state index in [0.29, 0.717) is 6.61 Å². The second-order valence-electron chi connectivity index (χ2n) is 3.11. The zero-order valence-electron chi connectivity index (χ0n) is 7.26. The molecule has 0 aliphatic carbocycles. The standard InChI is InChI=1S/C9H11NO2/c1-6-5-8(11)10(2)9-7(6)3-4-12-9/h5H,3-4H2,1-2H3. The summed E-state index contributed by atoms with van der Waals surface area (Å²) >= 11 is 0. The van der Waals surface area contributed by atoms with Crippen LogP contribution in [0, 0.1) is 6.92 Å². The van der Waals surface area contributed by atoms with Gasteiger partial charge in [-0.05, 0) is 12.5 Å². The molecular weight excluding hydrogens is 154 g/mol. The van der Waals surface area contributed by atoms with Gasteiger partial charge in [-0.1, -0.05) is 0 Å². The Morgan fingerprint density at radius 3 is 3.08 bits per heavy atom. The Balaban J connectivity index is 2.78. The quantitative estimate of drug-likeness (QED) is 0.564. The number of aromatic nitrogens is 1. The van der Waals surface area contributed by atoms with Gasteiger partial charge in [-0.15, -0.1) is 0 Å². The summed E-state index contributed by atoms with van der Waals surface area (Å²) in [6, 6.07) is 1.66. The van der Waals surface area contributed by atoms with Crippen molar-refractivity contribution in [3.05, 3.63) is 27.5 Å². The van der Waals surface area contributed by atoms with Gasteiger partial charge in [0.05, 0.1) is 6.61 Å². The Hall–Kier alpha value is -1.25. The van der Waals surface area contributed by atoms with Crippen LogP contribution in [0.15, 0.2) is 10.9 Å². The molecule has 0 amide bonds. The molecule has 1 aliphatic heterocycles. The molecule has 12 heavy (non-hydrogen) atoms. The fourth-order valence-corrected chi connectivity index (χ4v) is 1.58. The fraction of sp³-hybridized carbons (Fsp3) is 0.444.